The molecule has 0 aromatic rings. The van der Waals surface area contributed by atoms with E-state index in [0.29, 0.717) is 48.7 Å². The fraction of sp³-hybridized carbons (Fsp3) is 0.897. The first-order valence-corrected chi connectivity index (χ1v) is 15.9. The fourth-order valence-electron chi connectivity index (χ4n) is 9.60. The summed E-state index contributed by atoms with van der Waals surface area (Å²) in [5, 5.41) is 11.1. The van der Waals surface area contributed by atoms with Crippen molar-refractivity contribution in [2.24, 2.45) is 46.3 Å². The molecule has 3 saturated carbocycles. The van der Waals surface area contributed by atoms with Crippen molar-refractivity contribution in [2.75, 3.05) is 0 Å². The third-order valence-electron chi connectivity index (χ3n) is 11.2. The van der Waals surface area contributed by atoms with E-state index in [1.807, 2.05) is 0 Å². The van der Waals surface area contributed by atoms with E-state index in [0.717, 1.165) is 25.7 Å². The van der Waals surface area contributed by atoms with Crippen LogP contribution in [0.5, 0.6) is 0 Å². The van der Waals surface area contributed by atoms with Gasteiger partial charge in [0.15, 0.2) is 6.10 Å². The Balaban J connectivity index is 1.41. The van der Waals surface area contributed by atoms with Crippen LogP contribution in [0.15, 0.2) is 11.6 Å². The molecule has 0 spiro atoms. The highest BCUT2D eigenvalue weighted by molar-refractivity contribution is 7.80. The summed E-state index contributed by atoms with van der Waals surface area (Å²) in [6.07, 6.45) is 6.09. The number of carbonyl (C=O) groups excluding carboxylic acids is 1. The zero-order chi connectivity index (χ0) is 27.8. The van der Waals surface area contributed by atoms with Crippen LogP contribution >= 0.6 is 0 Å². The van der Waals surface area contributed by atoms with Crippen LogP contribution in [0.3, 0.4) is 0 Å². The van der Waals surface area contributed by atoms with Gasteiger partial charge in [0.1, 0.15) is 6.10 Å². The number of carbonyl (C=O) groups is 1. The summed E-state index contributed by atoms with van der Waals surface area (Å²) in [6, 6.07) is 0. The number of aliphatic hydroxyl groups is 1. The summed E-state index contributed by atoms with van der Waals surface area (Å²) >= 11 is 0. The minimum atomic E-state index is -4.81. The van der Waals surface area contributed by atoms with Gasteiger partial charge in [-0.3, -0.25) is 9.35 Å². The Bertz CT molecular complexity index is 1070. The molecule has 5 rings (SSSR count). The van der Waals surface area contributed by atoms with Gasteiger partial charge in [0, 0.05) is 6.92 Å². The number of allylic oxidation sites excluding steroid dienone is 2. The molecule has 12 unspecified atom stereocenters. The zero-order valence-corrected chi connectivity index (χ0v) is 24.4. The van der Waals surface area contributed by atoms with Gasteiger partial charge in [-0.1, -0.05) is 46.3 Å². The second kappa shape index (κ2) is 9.82. The van der Waals surface area contributed by atoms with Crippen molar-refractivity contribution in [1.82, 2.24) is 0 Å². The first kappa shape index (κ1) is 28.5. The summed E-state index contributed by atoms with van der Waals surface area (Å²) in [4.78, 5) is 11.8. The van der Waals surface area contributed by atoms with Crippen molar-refractivity contribution in [2.45, 2.75) is 117 Å². The van der Waals surface area contributed by atoms with E-state index in [1.54, 1.807) is 0 Å². The molecule has 4 fully saturated rings. The lowest BCUT2D eigenvalue weighted by Crippen LogP contribution is -2.61. The third kappa shape index (κ3) is 4.89. The third-order valence-corrected chi connectivity index (χ3v) is 11.7. The maximum absolute atomic E-state index is 11.8. The van der Waals surface area contributed by atoms with Gasteiger partial charge in [-0.25, -0.2) is 4.18 Å². The molecule has 216 valence electrons. The second-order valence-electron chi connectivity index (χ2n) is 13.8. The Hall–Kier alpha value is -1.00. The van der Waals surface area contributed by atoms with E-state index in [-0.39, 0.29) is 17.3 Å². The molecular formula is C29H46O8S. The smallest absolute Gasteiger partial charge is 0.397 e. The van der Waals surface area contributed by atoms with Crippen molar-refractivity contribution in [3.63, 3.8) is 0 Å². The van der Waals surface area contributed by atoms with Crippen LogP contribution < -0.4 is 0 Å². The van der Waals surface area contributed by atoms with E-state index < -0.39 is 40.1 Å². The minimum absolute atomic E-state index is 0.180. The lowest BCUT2D eigenvalue weighted by Gasteiger charge is -2.59. The van der Waals surface area contributed by atoms with Crippen LogP contribution in [0, 0.1) is 46.3 Å². The molecule has 12 atom stereocenters. The van der Waals surface area contributed by atoms with Gasteiger partial charge in [0.25, 0.3) is 0 Å². The monoisotopic (exact) mass is 554 g/mol. The number of epoxide rings is 1. The van der Waals surface area contributed by atoms with Gasteiger partial charge < -0.3 is 14.6 Å². The molecule has 5 aliphatic rings. The number of hydrogen-bond acceptors (Lipinski definition) is 7. The van der Waals surface area contributed by atoms with Gasteiger partial charge in [-0.05, 0) is 91.3 Å². The molecule has 38 heavy (non-hydrogen) atoms. The minimum Gasteiger partial charge on any atom is -0.457 e. The molecule has 0 radical (unpaired) electrons. The highest BCUT2D eigenvalue weighted by Crippen LogP contribution is 2.67. The average Bonchev–Trinajstić information content (AvgIpc) is 3.44. The molecule has 1 aliphatic heterocycles. The number of ether oxygens (including phenoxy) is 2. The molecule has 4 aliphatic carbocycles. The van der Waals surface area contributed by atoms with Crippen LogP contribution in [0.25, 0.3) is 0 Å². The lowest BCUT2D eigenvalue weighted by molar-refractivity contribution is -0.193. The van der Waals surface area contributed by atoms with E-state index in [2.05, 4.69) is 40.7 Å². The summed E-state index contributed by atoms with van der Waals surface area (Å²) < 4.78 is 49.9. The van der Waals surface area contributed by atoms with E-state index >= 15 is 0 Å². The molecule has 2 N–H and O–H groups in total. The first-order chi connectivity index (χ1) is 17.7. The van der Waals surface area contributed by atoms with E-state index in [1.165, 1.54) is 18.9 Å². The summed E-state index contributed by atoms with van der Waals surface area (Å²) in [7, 11) is -4.81. The Labute approximate surface area is 227 Å². The summed E-state index contributed by atoms with van der Waals surface area (Å²) in [6.45, 7) is 12.7. The molecule has 1 saturated heterocycles. The normalized spacial score (nSPS) is 47.0. The van der Waals surface area contributed by atoms with Gasteiger partial charge in [0.2, 0.25) is 0 Å². The molecule has 9 heteroatoms. The Kier molecular flexibility index (Phi) is 7.37. The molecule has 1 heterocycles. The molecule has 0 bridgehead atoms. The second-order valence-corrected chi connectivity index (χ2v) is 14.9. The molecule has 0 aromatic carbocycles. The largest absolute Gasteiger partial charge is 0.457 e. The molecule has 0 aromatic heterocycles. The highest BCUT2D eigenvalue weighted by Gasteiger charge is 2.63. The van der Waals surface area contributed by atoms with Crippen LogP contribution in [0.4, 0.5) is 0 Å². The standard InChI is InChI=1S/C29H46O8S/c1-15(2)13-24-25(36-24)16(3)19-9-10-20-18-7-8-22-26(37-38(32,33)34)27(35-17(4)30)23(31)14-29(22,6)21(18)11-12-28(19,20)5/h7,15-16,19-27,31H,8-14H2,1-6H3,(H,32,33,34). The summed E-state index contributed by atoms with van der Waals surface area (Å²) in [5.74, 6) is 1.46. The van der Waals surface area contributed by atoms with E-state index in [4.69, 9.17) is 13.7 Å². The maximum atomic E-state index is 11.8. The van der Waals surface area contributed by atoms with Crippen LogP contribution in [-0.4, -0.2) is 54.6 Å². The topological polar surface area (TPSA) is 123 Å². The number of fused-ring (bicyclic) bond motifs is 5. The fourth-order valence-corrected chi connectivity index (χ4v) is 10.1. The van der Waals surface area contributed by atoms with Gasteiger partial charge in [-0.2, -0.15) is 8.42 Å². The first-order valence-electron chi connectivity index (χ1n) is 14.5. The zero-order valence-electron chi connectivity index (χ0n) is 23.6. The predicted molar refractivity (Wildman–Crippen MR) is 141 cm³/mol. The Morgan fingerprint density at radius 2 is 1.82 bits per heavy atom. The van der Waals surface area contributed by atoms with Gasteiger partial charge >= 0.3 is 16.4 Å². The van der Waals surface area contributed by atoms with Gasteiger partial charge in [-0.15, -0.1) is 0 Å². The lowest BCUT2D eigenvalue weighted by atomic mass is 9.47. The number of aliphatic hydroxyl groups excluding tert-OH is 1. The Morgan fingerprint density at radius 3 is 2.45 bits per heavy atom. The van der Waals surface area contributed by atoms with Crippen molar-refractivity contribution < 1.29 is 36.5 Å². The van der Waals surface area contributed by atoms with Crippen molar-refractivity contribution in [3.05, 3.63) is 11.6 Å². The van der Waals surface area contributed by atoms with Crippen molar-refractivity contribution in [1.29, 1.82) is 0 Å². The molecule has 8 nitrogen and oxygen atoms in total. The molecular weight excluding hydrogens is 508 g/mol. The Morgan fingerprint density at radius 1 is 1.13 bits per heavy atom. The summed E-state index contributed by atoms with van der Waals surface area (Å²) in [5.41, 5.74) is 1.20. The van der Waals surface area contributed by atoms with Crippen LogP contribution in [0.1, 0.15) is 86.5 Å². The van der Waals surface area contributed by atoms with E-state index in [9.17, 15) is 22.9 Å². The van der Waals surface area contributed by atoms with Crippen LogP contribution in [-0.2, 0) is 28.9 Å². The predicted octanol–water partition coefficient (Wildman–Crippen LogP) is 4.72. The number of hydrogen-bond donors (Lipinski definition) is 2. The maximum Gasteiger partial charge on any atom is 0.397 e. The molecule has 0 amide bonds. The number of rotatable bonds is 7. The van der Waals surface area contributed by atoms with Crippen molar-refractivity contribution >= 4 is 16.4 Å². The highest BCUT2D eigenvalue weighted by atomic mass is 32.3. The number of esters is 1. The SMILES string of the molecule is CC(=O)OC1C(O)CC2(C)C3CCC4(C)C(CCC4C(C)C4OC4CC(C)C)C3=CCC2C1OS(=O)(=O)O. The van der Waals surface area contributed by atoms with Crippen molar-refractivity contribution in [3.8, 4) is 0 Å². The van der Waals surface area contributed by atoms with Gasteiger partial charge in [0.05, 0.1) is 18.3 Å². The van der Waals surface area contributed by atoms with Crippen LogP contribution in [0.2, 0.25) is 0 Å². The average molecular weight is 555 g/mol. The quantitative estimate of drug-likeness (QED) is 0.201.